The number of carbonyl (C=O) groups excluding carboxylic acids is 1. The summed E-state index contributed by atoms with van der Waals surface area (Å²) in [6.07, 6.45) is 4.82. The second-order valence-electron chi connectivity index (χ2n) is 9.93. The summed E-state index contributed by atoms with van der Waals surface area (Å²) < 4.78 is 6.38. The first-order valence-electron chi connectivity index (χ1n) is 10.7. The van der Waals surface area contributed by atoms with Crippen LogP contribution in [0.3, 0.4) is 0 Å². The van der Waals surface area contributed by atoms with Gasteiger partial charge in [-0.15, -0.1) is 0 Å². The van der Waals surface area contributed by atoms with Crippen LogP contribution >= 0.6 is 0 Å². The maximum Gasteiger partial charge on any atom is 0.246 e. The Morgan fingerprint density at radius 1 is 1.28 bits per heavy atom. The Balaban J connectivity index is 1.89. The quantitative estimate of drug-likeness (QED) is 0.647. The summed E-state index contributed by atoms with van der Waals surface area (Å²) in [5.41, 5.74) is 2.18. The van der Waals surface area contributed by atoms with E-state index in [2.05, 4.69) is 46.0 Å². The average Bonchev–Trinajstić information content (AvgIpc) is 2.63. The number of amides is 1. The Hall–Kier alpha value is -2.01. The van der Waals surface area contributed by atoms with E-state index in [4.69, 9.17) is 9.84 Å². The lowest BCUT2D eigenvalue weighted by Gasteiger charge is -2.47. The fraction of sp³-hybridized carbons (Fsp3) is 0.625. The Morgan fingerprint density at radius 3 is 2.66 bits per heavy atom. The van der Waals surface area contributed by atoms with Crippen LogP contribution in [0.4, 0.5) is 0 Å². The molecule has 160 valence electrons. The van der Waals surface area contributed by atoms with Crippen molar-refractivity contribution in [1.82, 2.24) is 5.32 Å². The van der Waals surface area contributed by atoms with Crippen molar-refractivity contribution < 1.29 is 19.7 Å². The van der Waals surface area contributed by atoms with Crippen LogP contribution in [0.25, 0.3) is 0 Å². The molecule has 0 saturated carbocycles. The van der Waals surface area contributed by atoms with Gasteiger partial charge in [0.25, 0.3) is 0 Å². The van der Waals surface area contributed by atoms with E-state index in [1.165, 1.54) is 0 Å². The zero-order chi connectivity index (χ0) is 21.4. The maximum atomic E-state index is 12.6. The van der Waals surface area contributed by atoms with Gasteiger partial charge in [0.05, 0.1) is 0 Å². The van der Waals surface area contributed by atoms with E-state index < -0.39 is 0 Å². The highest BCUT2D eigenvalue weighted by Gasteiger charge is 2.47. The van der Waals surface area contributed by atoms with Crippen LogP contribution in [0.15, 0.2) is 23.8 Å². The molecule has 1 aromatic rings. The number of rotatable bonds is 5. The molecule has 1 heterocycles. The van der Waals surface area contributed by atoms with Crippen LogP contribution in [-0.2, 0) is 10.2 Å². The minimum Gasteiger partial charge on any atom is -0.508 e. The van der Waals surface area contributed by atoms with Gasteiger partial charge in [-0.05, 0) is 62.6 Å². The van der Waals surface area contributed by atoms with Crippen molar-refractivity contribution >= 4 is 5.91 Å². The Morgan fingerprint density at radius 2 is 2.00 bits per heavy atom. The number of hydrogen-bond donors (Lipinski definition) is 3. The minimum atomic E-state index is -0.375. The third-order valence-corrected chi connectivity index (χ3v) is 6.33. The van der Waals surface area contributed by atoms with E-state index in [1.807, 2.05) is 12.1 Å². The van der Waals surface area contributed by atoms with Gasteiger partial charge in [-0.1, -0.05) is 26.8 Å². The second kappa shape index (κ2) is 8.02. The van der Waals surface area contributed by atoms with Crippen molar-refractivity contribution in [3.05, 3.63) is 34.9 Å². The molecular weight excluding hydrogens is 366 g/mol. The standard InChI is InChI=1S/C24H35NO4/c1-23(2,3)16-13-19(27)21-17-12-15(22(28)25-10-6-7-11-26)8-9-18(17)24(4,5)29-20(21)14-16/h8,13-14,17-18,26-27H,6-7,9-12H2,1-5H3,(H,25,28)/t17-,18-/m1/s1. The van der Waals surface area contributed by atoms with E-state index in [1.54, 1.807) is 0 Å². The second-order valence-corrected chi connectivity index (χ2v) is 9.93. The number of fused-ring (bicyclic) bond motifs is 3. The molecule has 0 radical (unpaired) electrons. The maximum absolute atomic E-state index is 12.6. The van der Waals surface area contributed by atoms with Crippen molar-refractivity contribution in [3.8, 4) is 11.5 Å². The molecule has 5 heteroatoms. The lowest BCUT2D eigenvalue weighted by molar-refractivity contribution is -0.118. The van der Waals surface area contributed by atoms with Gasteiger partial charge in [0.1, 0.15) is 17.1 Å². The number of carbonyl (C=O) groups is 1. The van der Waals surface area contributed by atoms with Crippen LogP contribution in [0, 0.1) is 5.92 Å². The highest BCUT2D eigenvalue weighted by molar-refractivity contribution is 5.93. The van der Waals surface area contributed by atoms with Crippen molar-refractivity contribution in [2.24, 2.45) is 5.92 Å². The van der Waals surface area contributed by atoms with Gasteiger partial charge in [0, 0.05) is 36.1 Å². The van der Waals surface area contributed by atoms with Crippen LogP contribution < -0.4 is 10.1 Å². The smallest absolute Gasteiger partial charge is 0.246 e. The third-order valence-electron chi connectivity index (χ3n) is 6.33. The van der Waals surface area contributed by atoms with E-state index in [0.717, 1.165) is 35.3 Å². The molecule has 1 aliphatic carbocycles. The lowest BCUT2D eigenvalue weighted by Crippen LogP contribution is -2.46. The fourth-order valence-corrected chi connectivity index (χ4v) is 4.57. The Labute approximate surface area is 174 Å². The van der Waals surface area contributed by atoms with Crippen molar-refractivity contribution in [1.29, 1.82) is 0 Å². The predicted octanol–water partition coefficient (Wildman–Crippen LogP) is 4.17. The van der Waals surface area contributed by atoms with Crippen LogP contribution in [0.1, 0.15) is 77.3 Å². The molecule has 3 rings (SSSR count). The van der Waals surface area contributed by atoms with Gasteiger partial charge in [-0.2, -0.15) is 0 Å². The topological polar surface area (TPSA) is 78.8 Å². The Bertz CT molecular complexity index is 804. The summed E-state index contributed by atoms with van der Waals surface area (Å²) in [6.45, 7) is 11.3. The van der Waals surface area contributed by atoms with Gasteiger partial charge in [0.15, 0.2) is 0 Å². The van der Waals surface area contributed by atoms with Crippen molar-refractivity contribution in [2.75, 3.05) is 13.2 Å². The predicted molar refractivity (Wildman–Crippen MR) is 114 cm³/mol. The number of aliphatic hydroxyl groups excluding tert-OH is 1. The summed E-state index contributed by atoms with van der Waals surface area (Å²) in [4.78, 5) is 12.6. The average molecular weight is 402 g/mol. The number of aromatic hydroxyl groups is 1. The van der Waals surface area contributed by atoms with Gasteiger partial charge in [-0.25, -0.2) is 0 Å². The summed E-state index contributed by atoms with van der Waals surface area (Å²) in [5, 5.41) is 22.8. The molecule has 0 spiro atoms. The molecule has 0 saturated heterocycles. The number of phenolic OH excluding ortho intramolecular Hbond substituents is 1. The lowest BCUT2D eigenvalue weighted by atomic mass is 9.66. The monoisotopic (exact) mass is 401 g/mol. The summed E-state index contributed by atoms with van der Waals surface area (Å²) in [7, 11) is 0. The normalized spacial score (nSPS) is 22.8. The molecule has 3 N–H and O–H groups in total. The van der Waals surface area contributed by atoms with Crippen LogP contribution in [0.2, 0.25) is 0 Å². The molecule has 5 nitrogen and oxygen atoms in total. The zero-order valence-corrected chi connectivity index (χ0v) is 18.3. The summed E-state index contributed by atoms with van der Waals surface area (Å²) in [5.74, 6) is 1.21. The summed E-state index contributed by atoms with van der Waals surface area (Å²) >= 11 is 0. The Kier molecular flexibility index (Phi) is 6.00. The zero-order valence-electron chi connectivity index (χ0n) is 18.3. The van der Waals surface area contributed by atoms with Gasteiger partial charge in [-0.3, -0.25) is 4.79 Å². The first-order valence-corrected chi connectivity index (χ1v) is 10.7. The molecule has 1 amide bonds. The molecule has 0 fully saturated rings. The number of phenols is 1. The van der Waals surface area contributed by atoms with E-state index in [0.29, 0.717) is 19.4 Å². The number of benzene rings is 1. The molecule has 1 aliphatic heterocycles. The molecule has 0 aromatic heterocycles. The molecular formula is C24H35NO4. The largest absolute Gasteiger partial charge is 0.508 e. The van der Waals surface area contributed by atoms with E-state index >= 15 is 0 Å². The van der Waals surface area contributed by atoms with Crippen molar-refractivity contribution in [3.63, 3.8) is 0 Å². The van der Waals surface area contributed by atoms with Gasteiger partial charge in [0.2, 0.25) is 5.91 Å². The van der Waals surface area contributed by atoms with Crippen molar-refractivity contribution in [2.45, 2.75) is 77.2 Å². The molecule has 0 bridgehead atoms. The van der Waals surface area contributed by atoms with Crippen LogP contribution in [0.5, 0.6) is 11.5 Å². The SMILES string of the molecule is CC(C)(C)c1cc(O)c2c(c1)OC(C)(C)[C@@H]1CC=C(C(=O)NCCCCO)C[C@@H]21. The number of ether oxygens (including phenoxy) is 1. The molecule has 2 atom stereocenters. The third kappa shape index (κ3) is 4.45. The van der Waals surface area contributed by atoms with Gasteiger partial charge < -0.3 is 20.3 Å². The van der Waals surface area contributed by atoms with Crippen LogP contribution in [-0.4, -0.2) is 34.9 Å². The highest BCUT2D eigenvalue weighted by Crippen LogP contribution is 2.54. The fourth-order valence-electron chi connectivity index (χ4n) is 4.57. The first kappa shape index (κ1) is 21.7. The van der Waals surface area contributed by atoms with E-state index in [-0.39, 0.29) is 41.1 Å². The number of nitrogens with one attached hydrogen (secondary N) is 1. The highest BCUT2D eigenvalue weighted by atomic mass is 16.5. The molecule has 1 aromatic carbocycles. The van der Waals surface area contributed by atoms with Gasteiger partial charge >= 0.3 is 0 Å². The number of aliphatic hydroxyl groups is 1. The van der Waals surface area contributed by atoms with E-state index in [9.17, 15) is 9.90 Å². The number of hydrogen-bond acceptors (Lipinski definition) is 4. The number of allylic oxidation sites excluding steroid dienone is 1. The number of unbranched alkanes of at least 4 members (excludes halogenated alkanes) is 1. The first-order chi connectivity index (χ1) is 13.5. The minimum absolute atomic E-state index is 0.0435. The molecule has 2 aliphatic rings. The molecule has 0 unspecified atom stereocenters. The summed E-state index contributed by atoms with van der Waals surface area (Å²) in [6, 6.07) is 3.91. The molecule has 29 heavy (non-hydrogen) atoms.